The summed E-state index contributed by atoms with van der Waals surface area (Å²) in [6, 6.07) is -0.144. The summed E-state index contributed by atoms with van der Waals surface area (Å²) in [5, 5.41) is 10.5. The molecule has 1 fully saturated rings. The number of carbonyl (C=O) groups is 1. The average Bonchev–Trinajstić information content (AvgIpc) is 1.80. The van der Waals surface area contributed by atoms with Gasteiger partial charge in [-0.3, -0.25) is 0 Å². The molecule has 0 aromatic carbocycles. The Hall–Kier alpha value is -0.770. The van der Waals surface area contributed by atoms with Gasteiger partial charge in [0.2, 0.25) is 0 Å². The SMILES string of the molecule is CC(C)(C)OC(=O)N1CCC1C[O]. The minimum absolute atomic E-state index is 0.144. The van der Waals surface area contributed by atoms with E-state index in [1.807, 2.05) is 20.8 Å². The lowest BCUT2D eigenvalue weighted by Gasteiger charge is -2.39. The molecule has 1 saturated heterocycles. The van der Waals surface area contributed by atoms with E-state index in [1.165, 1.54) is 4.90 Å². The predicted octanol–water partition coefficient (Wildman–Crippen LogP) is 1.43. The first-order chi connectivity index (χ1) is 5.94. The molecule has 0 aromatic heterocycles. The van der Waals surface area contributed by atoms with Gasteiger partial charge in [0.1, 0.15) is 12.2 Å². The van der Waals surface area contributed by atoms with Gasteiger partial charge in [-0.15, -0.1) is 0 Å². The summed E-state index contributed by atoms with van der Waals surface area (Å²) in [4.78, 5) is 12.9. The highest BCUT2D eigenvalue weighted by atomic mass is 16.6. The van der Waals surface area contributed by atoms with Crippen molar-refractivity contribution in [1.29, 1.82) is 0 Å². The fourth-order valence-corrected chi connectivity index (χ4v) is 1.17. The Kier molecular flexibility index (Phi) is 2.81. The van der Waals surface area contributed by atoms with Crippen molar-refractivity contribution >= 4 is 6.09 Å². The molecule has 0 aliphatic carbocycles. The third-order valence-corrected chi connectivity index (χ3v) is 1.96. The quantitative estimate of drug-likeness (QED) is 0.622. The molecular weight excluding hydrogens is 170 g/mol. The van der Waals surface area contributed by atoms with Gasteiger partial charge in [0.25, 0.3) is 0 Å². The van der Waals surface area contributed by atoms with Crippen LogP contribution in [-0.4, -0.2) is 35.8 Å². The van der Waals surface area contributed by atoms with Crippen molar-refractivity contribution in [1.82, 2.24) is 4.90 Å². The molecule has 0 aromatic rings. The first-order valence-corrected chi connectivity index (χ1v) is 4.52. The largest absolute Gasteiger partial charge is 0.444 e. The van der Waals surface area contributed by atoms with Crippen LogP contribution in [0.2, 0.25) is 0 Å². The van der Waals surface area contributed by atoms with Crippen molar-refractivity contribution in [2.24, 2.45) is 0 Å². The third kappa shape index (κ3) is 2.59. The smallest absolute Gasteiger partial charge is 0.410 e. The molecule has 1 unspecified atom stereocenters. The number of amides is 1. The molecule has 0 bridgehead atoms. The van der Waals surface area contributed by atoms with Crippen LogP contribution < -0.4 is 0 Å². The van der Waals surface area contributed by atoms with Crippen LogP contribution in [0.25, 0.3) is 0 Å². The normalized spacial score (nSPS) is 22.5. The van der Waals surface area contributed by atoms with E-state index >= 15 is 0 Å². The number of nitrogens with zero attached hydrogens (tertiary/aromatic N) is 1. The lowest BCUT2D eigenvalue weighted by Crippen LogP contribution is -2.54. The van der Waals surface area contributed by atoms with E-state index in [1.54, 1.807) is 0 Å². The standard InChI is InChI=1S/C9H16NO3/c1-9(2,3)13-8(12)10-5-4-7(10)6-11/h7H,4-6H2,1-3H3. The predicted molar refractivity (Wildman–Crippen MR) is 46.9 cm³/mol. The maximum Gasteiger partial charge on any atom is 0.410 e. The number of hydrogen-bond acceptors (Lipinski definition) is 2. The fraction of sp³-hybridized carbons (Fsp3) is 0.889. The molecule has 1 amide bonds. The zero-order chi connectivity index (χ0) is 10.1. The van der Waals surface area contributed by atoms with Crippen molar-refractivity contribution < 1.29 is 14.6 Å². The van der Waals surface area contributed by atoms with Crippen LogP contribution in [0.3, 0.4) is 0 Å². The van der Waals surface area contributed by atoms with Crippen molar-refractivity contribution in [2.45, 2.75) is 38.8 Å². The van der Waals surface area contributed by atoms with Gasteiger partial charge in [0.15, 0.2) is 0 Å². The molecule has 1 atom stereocenters. The molecule has 0 N–H and O–H groups in total. The number of ether oxygens (including phenoxy) is 1. The molecule has 4 nitrogen and oxygen atoms in total. The molecule has 1 heterocycles. The fourth-order valence-electron chi connectivity index (χ4n) is 1.17. The number of hydrogen-bond donors (Lipinski definition) is 0. The molecular formula is C9H16NO3. The van der Waals surface area contributed by atoms with E-state index in [0.717, 1.165) is 6.42 Å². The summed E-state index contributed by atoms with van der Waals surface area (Å²) in [6.45, 7) is 5.88. The average molecular weight is 186 g/mol. The number of likely N-dealkylation sites (tertiary alicyclic amines) is 1. The molecule has 1 rings (SSSR count). The second-order valence-corrected chi connectivity index (χ2v) is 4.28. The summed E-state index contributed by atoms with van der Waals surface area (Å²) in [7, 11) is 0. The molecule has 13 heavy (non-hydrogen) atoms. The lowest BCUT2D eigenvalue weighted by molar-refractivity contribution is -0.0250. The van der Waals surface area contributed by atoms with Crippen LogP contribution in [0.4, 0.5) is 4.79 Å². The number of rotatable bonds is 1. The summed E-state index contributed by atoms with van der Waals surface area (Å²) < 4.78 is 5.12. The maximum absolute atomic E-state index is 11.4. The highest BCUT2D eigenvalue weighted by Crippen LogP contribution is 2.20. The van der Waals surface area contributed by atoms with Gasteiger partial charge in [-0.05, 0) is 27.2 Å². The van der Waals surface area contributed by atoms with Crippen LogP contribution in [0.1, 0.15) is 27.2 Å². The molecule has 0 spiro atoms. The first-order valence-electron chi connectivity index (χ1n) is 4.52. The Bertz CT molecular complexity index is 196. The molecule has 4 heteroatoms. The van der Waals surface area contributed by atoms with Crippen molar-refractivity contribution in [3.8, 4) is 0 Å². The Morgan fingerprint density at radius 2 is 2.15 bits per heavy atom. The number of carbonyl (C=O) groups excluding carboxylic acids is 1. The van der Waals surface area contributed by atoms with Gasteiger partial charge >= 0.3 is 6.09 Å². The maximum atomic E-state index is 11.4. The minimum Gasteiger partial charge on any atom is -0.444 e. The summed E-state index contributed by atoms with van der Waals surface area (Å²) in [5.74, 6) is 0. The van der Waals surface area contributed by atoms with Gasteiger partial charge in [-0.2, -0.15) is 0 Å². The van der Waals surface area contributed by atoms with Crippen LogP contribution in [0.5, 0.6) is 0 Å². The highest BCUT2D eigenvalue weighted by Gasteiger charge is 2.34. The monoisotopic (exact) mass is 186 g/mol. The van der Waals surface area contributed by atoms with E-state index in [2.05, 4.69) is 0 Å². The second-order valence-electron chi connectivity index (χ2n) is 4.28. The Morgan fingerprint density at radius 3 is 2.46 bits per heavy atom. The van der Waals surface area contributed by atoms with Gasteiger partial charge in [0.05, 0.1) is 6.04 Å². The molecule has 1 radical (unpaired) electrons. The van der Waals surface area contributed by atoms with Gasteiger partial charge in [0, 0.05) is 6.54 Å². The second kappa shape index (κ2) is 3.54. The lowest BCUT2D eigenvalue weighted by atomic mass is 10.1. The van der Waals surface area contributed by atoms with Crippen LogP contribution in [-0.2, 0) is 9.84 Å². The van der Waals surface area contributed by atoms with Crippen molar-refractivity contribution in [2.75, 3.05) is 13.2 Å². The van der Waals surface area contributed by atoms with Gasteiger partial charge in [-0.25, -0.2) is 9.90 Å². The van der Waals surface area contributed by atoms with Crippen LogP contribution >= 0.6 is 0 Å². The van der Waals surface area contributed by atoms with E-state index in [4.69, 9.17) is 4.74 Å². The Labute approximate surface area is 78.5 Å². The highest BCUT2D eigenvalue weighted by molar-refractivity contribution is 5.69. The Balaban J connectivity index is 2.40. The topological polar surface area (TPSA) is 49.4 Å². The molecule has 0 saturated carbocycles. The molecule has 75 valence electrons. The molecule has 1 aliphatic heterocycles. The van der Waals surface area contributed by atoms with Gasteiger partial charge < -0.3 is 9.64 Å². The van der Waals surface area contributed by atoms with Crippen molar-refractivity contribution in [3.05, 3.63) is 0 Å². The Morgan fingerprint density at radius 1 is 1.54 bits per heavy atom. The minimum atomic E-state index is -0.472. The van der Waals surface area contributed by atoms with E-state index in [-0.39, 0.29) is 18.7 Å². The van der Waals surface area contributed by atoms with Crippen molar-refractivity contribution in [3.63, 3.8) is 0 Å². The first kappa shape index (κ1) is 10.3. The van der Waals surface area contributed by atoms with Crippen LogP contribution in [0.15, 0.2) is 0 Å². The van der Waals surface area contributed by atoms with E-state index in [0.29, 0.717) is 6.54 Å². The summed E-state index contributed by atoms with van der Waals surface area (Å²) in [5.41, 5.74) is -0.472. The third-order valence-electron chi connectivity index (χ3n) is 1.96. The van der Waals surface area contributed by atoms with Gasteiger partial charge in [-0.1, -0.05) is 0 Å². The van der Waals surface area contributed by atoms with E-state index < -0.39 is 5.60 Å². The summed E-state index contributed by atoms with van der Waals surface area (Å²) in [6.07, 6.45) is 0.447. The molecule has 1 aliphatic rings. The summed E-state index contributed by atoms with van der Waals surface area (Å²) >= 11 is 0. The zero-order valence-electron chi connectivity index (χ0n) is 8.37. The van der Waals surface area contributed by atoms with Crippen LogP contribution in [0, 0.1) is 0 Å². The zero-order valence-corrected chi connectivity index (χ0v) is 8.37. The van der Waals surface area contributed by atoms with E-state index in [9.17, 15) is 9.90 Å².